The number of anilines is 1. The van der Waals surface area contributed by atoms with Crippen LogP contribution in [0.3, 0.4) is 0 Å². The number of nitrogens with two attached hydrogens (primary N) is 1. The molecule has 20 heavy (non-hydrogen) atoms. The van der Waals surface area contributed by atoms with Crippen molar-refractivity contribution >= 4 is 33.5 Å². The predicted molar refractivity (Wildman–Crippen MR) is 77.9 cm³/mol. The van der Waals surface area contributed by atoms with E-state index in [1.165, 1.54) is 6.20 Å². The monoisotopic (exact) mass is 337 g/mol. The first-order valence-corrected chi connectivity index (χ1v) is 6.41. The Morgan fingerprint density at radius 1 is 1.50 bits per heavy atom. The van der Waals surface area contributed by atoms with Gasteiger partial charge in [-0.3, -0.25) is 9.89 Å². The maximum absolute atomic E-state index is 12.2. The van der Waals surface area contributed by atoms with Crippen LogP contribution in [0.2, 0.25) is 0 Å². The van der Waals surface area contributed by atoms with E-state index in [4.69, 9.17) is 10.9 Å². The molecule has 0 bridgehead atoms. The minimum Gasteiger partial charge on any atom is -0.409 e. The van der Waals surface area contributed by atoms with Gasteiger partial charge < -0.3 is 16.3 Å². The summed E-state index contributed by atoms with van der Waals surface area (Å²) < 4.78 is 0.839. The molecular weight excluding hydrogens is 326 g/mol. The van der Waals surface area contributed by atoms with E-state index in [2.05, 4.69) is 36.6 Å². The number of halogens is 1. The number of nitrogens with zero attached hydrogens (tertiary/aromatic N) is 2. The average molecular weight is 338 g/mol. The van der Waals surface area contributed by atoms with E-state index in [9.17, 15) is 4.79 Å². The molecule has 2 rings (SSSR count). The summed E-state index contributed by atoms with van der Waals surface area (Å²) in [5.74, 6) is -0.190. The van der Waals surface area contributed by atoms with Crippen molar-refractivity contribution < 1.29 is 10.0 Å². The van der Waals surface area contributed by atoms with Crippen LogP contribution in [0.5, 0.6) is 0 Å². The first kappa shape index (κ1) is 14.1. The van der Waals surface area contributed by atoms with E-state index < -0.39 is 0 Å². The lowest BCUT2D eigenvalue weighted by Crippen LogP contribution is -2.19. The van der Waals surface area contributed by atoms with Gasteiger partial charge in [0.25, 0.3) is 5.91 Å². The normalized spacial score (nSPS) is 11.4. The summed E-state index contributed by atoms with van der Waals surface area (Å²) in [7, 11) is 0. The molecule has 104 valence electrons. The minimum absolute atomic E-state index is 0.139. The highest BCUT2D eigenvalue weighted by atomic mass is 79.9. The van der Waals surface area contributed by atoms with E-state index in [1.54, 1.807) is 12.1 Å². The van der Waals surface area contributed by atoms with Crippen molar-refractivity contribution in [3.8, 4) is 0 Å². The van der Waals surface area contributed by atoms with Crippen molar-refractivity contribution in [1.29, 1.82) is 0 Å². The van der Waals surface area contributed by atoms with Gasteiger partial charge in [-0.05, 0) is 24.6 Å². The first-order chi connectivity index (χ1) is 9.54. The van der Waals surface area contributed by atoms with Crippen LogP contribution in [0, 0.1) is 6.92 Å². The molecule has 5 N–H and O–H groups in total. The SMILES string of the molecule is Cc1c(Br)cccc1C(=O)Nc1[nH]ncc1C(N)=NO. The van der Waals surface area contributed by atoms with Crippen molar-refractivity contribution in [2.45, 2.75) is 6.92 Å². The van der Waals surface area contributed by atoms with Gasteiger partial charge >= 0.3 is 0 Å². The van der Waals surface area contributed by atoms with E-state index >= 15 is 0 Å². The molecule has 0 aliphatic heterocycles. The highest BCUT2D eigenvalue weighted by molar-refractivity contribution is 9.10. The molecule has 1 aromatic heterocycles. The molecule has 1 heterocycles. The molecule has 0 spiro atoms. The highest BCUT2D eigenvalue weighted by Gasteiger charge is 2.15. The van der Waals surface area contributed by atoms with Gasteiger partial charge in [0.15, 0.2) is 5.84 Å². The van der Waals surface area contributed by atoms with Crippen molar-refractivity contribution in [2.75, 3.05) is 5.32 Å². The Kier molecular flexibility index (Phi) is 4.04. The maximum Gasteiger partial charge on any atom is 0.257 e. The number of aromatic amines is 1. The zero-order valence-corrected chi connectivity index (χ0v) is 12.1. The fourth-order valence-electron chi connectivity index (χ4n) is 1.66. The summed E-state index contributed by atoms with van der Waals surface area (Å²) in [5.41, 5.74) is 7.13. The second-order valence-corrected chi connectivity index (χ2v) is 4.86. The molecule has 0 unspecified atom stereocenters. The smallest absolute Gasteiger partial charge is 0.257 e. The molecule has 0 saturated carbocycles. The Hall–Kier alpha value is -2.35. The number of hydrogen-bond acceptors (Lipinski definition) is 4. The third kappa shape index (κ3) is 2.64. The molecule has 7 nitrogen and oxygen atoms in total. The Morgan fingerprint density at radius 2 is 2.25 bits per heavy atom. The number of carbonyl (C=O) groups is 1. The molecule has 0 aliphatic rings. The quantitative estimate of drug-likeness (QED) is 0.296. The first-order valence-electron chi connectivity index (χ1n) is 5.62. The lowest BCUT2D eigenvalue weighted by Gasteiger charge is -2.08. The van der Waals surface area contributed by atoms with Gasteiger partial charge in [-0.1, -0.05) is 27.2 Å². The van der Waals surface area contributed by atoms with E-state index in [1.807, 2.05) is 13.0 Å². The number of amidine groups is 1. The number of carbonyl (C=O) groups excluding carboxylic acids is 1. The lowest BCUT2D eigenvalue weighted by atomic mass is 10.1. The molecule has 0 radical (unpaired) electrons. The number of amides is 1. The van der Waals surface area contributed by atoms with Gasteiger partial charge in [0, 0.05) is 10.0 Å². The zero-order valence-electron chi connectivity index (χ0n) is 10.5. The minimum atomic E-state index is -0.319. The van der Waals surface area contributed by atoms with Crippen LogP contribution >= 0.6 is 15.9 Å². The molecule has 0 fully saturated rings. The van der Waals surface area contributed by atoms with Crippen LogP contribution in [-0.4, -0.2) is 27.1 Å². The van der Waals surface area contributed by atoms with Crippen LogP contribution in [0.25, 0.3) is 0 Å². The van der Waals surface area contributed by atoms with E-state index in [0.717, 1.165) is 10.0 Å². The third-order valence-corrected chi connectivity index (χ3v) is 3.63. The van der Waals surface area contributed by atoms with Crippen molar-refractivity contribution in [3.05, 3.63) is 45.6 Å². The summed E-state index contributed by atoms with van der Waals surface area (Å²) in [6.45, 7) is 1.83. The molecule has 2 aromatic rings. The molecular formula is C12H12BrN5O2. The number of H-pyrrole nitrogens is 1. The van der Waals surface area contributed by atoms with Crippen LogP contribution < -0.4 is 11.1 Å². The molecule has 8 heteroatoms. The molecule has 1 amide bonds. The van der Waals surface area contributed by atoms with E-state index in [-0.39, 0.29) is 17.6 Å². The number of nitrogens with one attached hydrogen (secondary N) is 2. The largest absolute Gasteiger partial charge is 0.409 e. The number of benzene rings is 1. The molecule has 0 saturated heterocycles. The van der Waals surface area contributed by atoms with Crippen molar-refractivity contribution in [3.63, 3.8) is 0 Å². The second-order valence-electron chi connectivity index (χ2n) is 4.01. The summed E-state index contributed by atoms with van der Waals surface area (Å²) in [4.78, 5) is 12.2. The average Bonchev–Trinajstić information content (AvgIpc) is 2.89. The van der Waals surface area contributed by atoms with Gasteiger partial charge in [0.2, 0.25) is 0 Å². The van der Waals surface area contributed by atoms with Crippen molar-refractivity contribution in [1.82, 2.24) is 10.2 Å². The third-order valence-electron chi connectivity index (χ3n) is 2.77. The fraction of sp³-hybridized carbons (Fsp3) is 0.0833. The van der Waals surface area contributed by atoms with Gasteiger partial charge in [0.05, 0.1) is 11.8 Å². The summed E-state index contributed by atoms with van der Waals surface area (Å²) in [6.07, 6.45) is 1.36. The fourth-order valence-corrected chi connectivity index (χ4v) is 2.03. The lowest BCUT2D eigenvalue weighted by molar-refractivity contribution is 0.102. The van der Waals surface area contributed by atoms with Crippen LogP contribution in [-0.2, 0) is 0 Å². The second kappa shape index (κ2) is 5.74. The van der Waals surface area contributed by atoms with Crippen LogP contribution in [0.15, 0.2) is 34.0 Å². The number of hydrogen-bond donors (Lipinski definition) is 4. The van der Waals surface area contributed by atoms with Crippen molar-refractivity contribution in [2.24, 2.45) is 10.9 Å². The number of aromatic nitrogens is 2. The van der Waals surface area contributed by atoms with E-state index in [0.29, 0.717) is 11.1 Å². The maximum atomic E-state index is 12.2. The number of oxime groups is 1. The molecule has 0 atom stereocenters. The van der Waals surface area contributed by atoms with Gasteiger partial charge in [-0.2, -0.15) is 5.10 Å². The predicted octanol–water partition coefficient (Wildman–Crippen LogP) is 1.83. The van der Waals surface area contributed by atoms with Gasteiger partial charge in [-0.15, -0.1) is 0 Å². The zero-order chi connectivity index (χ0) is 14.7. The van der Waals surface area contributed by atoms with Crippen LogP contribution in [0.1, 0.15) is 21.5 Å². The molecule has 0 aliphatic carbocycles. The summed E-state index contributed by atoms with van der Waals surface area (Å²) >= 11 is 3.37. The Bertz CT molecular complexity index is 680. The highest BCUT2D eigenvalue weighted by Crippen LogP contribution is 2.21. The molecule has 1 aromatic carbocycles. The Labute approximate surface area is 123 Å². The number of rotatable bonds is 3. The van der Waals surface area contributed by atoms with Crippen LogP contribution in [0.4, 0.5) is 5.82 Å². The summed E-state index contributed by atoms with van der Waals surface area (Å²) in [5, 5.41) is 20.5. The Balaban J connectivity index is 2.29. The standard InChI is InChI=1S/C12H12BrN5O2/c1-6-7(3-2-4-9(6)13)12(19)16-11-8(5-15-17-11)10(14)18-20/h2-5,20H,1H3,(H2,14,18)(H2,15,16,17,19). The summed E-state index contributed by atoms with van der Waals surface area (Å²) in [6, 6.07) is 5.32. The topological polar surface area (TPSA) is 116 Å². The van der Waals surface area contributed by atoms with Gasteiger partial charge in [0.1, 0.15) is 5.82 Å². The Morgan fingerprint density at radius 3 is 2.95 bits per heavy atom. The van der Waals surface area contributed by atoms with Gasteiger partial charge in [-0.25, -0.2) is 0 Å².